The van der Waals surface area contributed by atoms with Gasteiger partial charge in [-0.2, -0.15) is 0 Å². The van der Waals surface area contributed by atoms with Crippen LogP contribution in [0.1, 0.15) is 44.1 Å². The van der Waals surface area contributed by atoms with Crippen molar-refractivity contribution in [3.8, 4) is 5.75 Å². The van der Waals surface area contributed by atoms with Crippen LogP contribution in [0.3, 0.4) is 0 Å². The van der Waals surface area contributed by atoms with E-state index in [0.29, 0.717) is 5.91 Å². The zero-order valence-electron chi connectivity index (χ0n) is 15.4. The number of methoxy groups -OCH3 is 1. The lowest BCUT2D eigenvalue weighted by molar-refractivity contribution is -0.146. The number of likely N-dealkylation sites (tertiary alicyclic amines) is 2. The Morgan fingerprint density at radius 3 is 2.60 bits per heavy atom. The Balaban J connectivity index is 1.38. The molecule has 2 heterocycles. The molecule has 1 spiro atoms. The van der Waals surface area contributed by atoms with Crippen molar-refractivity contribution in [2.24, 2.45) is 11.3 Å². The minimum Gasteiger partial charge on any atom is -0.497 e. The second kappa shape index (κ2) is 6.99. The van der Waals surface area contributed by atoms with E-state index in [1.807, 2.05) is 12.1 Å². The van der Waals surface area contributed by atoms with Crippen molar-refractivity contribution in [3.05, 3.63) is 29.8 Å². The number of amides is 1. The van der Waals surface area contributed by atoms with Crippen LogP contribution < -0.4 is 4.74 Å². The maximum atomic E-state index is 13.2. The Morgan fingerprint density at radius 2 is 1.92 bits per heavy atom. The third-order valence-corrected chi connectivity index (χ3v) is 6.53. The Hall–Kier alpha value is -1.55. The molecule has 0 N–H and O–H groups in total. The van der Waals surface area contributed by atoms with Gasteiger partial charge in [0, 0.05) is 26.2 Å². The molecule has 4 nitrogen and oxygen atoms in total. The molecule has 1 atom stereocenters. The molecular formula is C21H30N2O2. The van der Waals surface area contributed by atoms with Gasteiger partial charge in [-0.25, -0.2) is 0 Å². The predicted octanol–water partition coefficient (Wildman–Crippen LogP) is 3.31. The van der Waals surface area contributed by atoms with Crippen LogP contribution in [0.15, 0.2) is 24.3 Å². The molecule has 1 aromatic carbocycles. The molecular weight excluding hydrogens is 312 g/mol. The summed E-state index contributed by atoms with van der Waals surface area (Å²) in [5, 5.41) is 0. The number of nitrogens with zero attached hydrogens (tertiary/aromatic N) is 2. The third kappa shape index (κ3) is 3.41. The highest BCUT2D eigenvalue weighted by molar-refractivity contribution is 5.84. The molecule has 1 aliphatic carbocycles. The predicted molar refractivity (Wildman–Crippen MR) is 98.5 cm³/mol. The molecule has 0 aromatic heterocycles. The highest BCUT2D eigenvalue weighted by Crippen LogP contribution is 2.41. The number of carbonyl (C=O) groups excluding carboxylic acids is 1. The second-order valence-electron chi connectivity index (χ2n) is 8.24. The Bertz CT molecular complexity index is 611. The van der Waals surface area contributed by atoms with Crippen LogP contribution in [-0.2, 0) is 11.3 Å². The topological polar surface area (TPSA) is 32.8 Å². The molecule has 4 rings (SSSR count). The van der Waals surface area contributed by atoms with E-state index in [1.165, 1.54) is 31.2 Å². The van der Waals surface area contributed by atoms with Gasteiger partial charge in [0.25, 0.3) is 0 Å². The summed E-state index contributed by atoms with van der Waals surface area (Å²) in [6.45, 7) is 4.89. The van der Waals surface area contributed by atoms with Crippen molar-refractivity contribution in [1.82, 2.24) is 9.80 Å². The fourth-order valence-electron chi connectivity index (χ4n) is 4.77. The van der Waals surface area contributed by atoms with Gasteiger partial charge in [-0.05, 0) is 62.3 Å². The molecule has 1 amide bonds. The molecule has 0 radical (unpaired) electrons. The van der Waals surface area contributed by atoms with Crippen LogP contribution in [0, 0.1) is 11.3 Å². The monoisotopic (exact) mass is 342 g/mol. The maximum absolute atomic E-state index is 13.2. The zero-order valence-corrected chi connectivity index (χ0v) is 15.4. The van der Waals surface area contributed by atoms with Crippen LogP contribution in [0.25, 0.3) is 0 Å². The number of carbonyl (C=O) groups is 1. The van der Waals surface area contributed by atoms with Gasteiger partial charge < -0.3 is 9.64 Å². The average molecular weight is 342 g/mol. The smallest absolute Gasteiger partial charge is 0.230 e. The van der Waals surface area contributed by atoms with Gasteiger partial charge in [0.15, 0.2) is 0 Å². The first-order chi connectivity index (χ1) is 12.2. The van der Waals surface area contributed by atoms with Gasteiger partial charge in [-0.3, -0.25) is 9.69 Å². The highest BCUT2D eigenvalue weighted by atomic mass is 16.5. The lowest BCUT2D eigenvalue weighted by Gasteiger charge is -2.42. The van der Waals surface area contributed by atoms with Crippen molar-refractivity contribution in [3.63, 3.8) is 0 Å². The lowest BCUT2D eigenvalue weighted by atomic mass is 9.77. The molecule has 1 aromatic rings. The molecule has 0 unspecified atom stereocenters. The van der Waals surface area contributed by atoms with Crippen LogP contribution in [0.2, 0.25) is 0 Å². The molecule has 3 fully saturated rings. The minimum absolute atomic E-state index is 0.103. The van der Waals surface area contributed by atoms with E-state index < -0.39 is 0 Å². The SMILES string of the molecule is COc1ccc(CN2CC[C@]3(CCCN(CC4CCC4)C3=O)C2)cc1. The fourth-order valence-corrected chi connectivity index (χ4v) is 4.77. The minimum atomic E-state index is -0.103. The van der Waals surface area contributed by atoms with Crippen molar-refractivity contribution in [1.29, 1.82) is 0 Å². The number of hydrogen-bond acceptors (Lipinski definition) is 3. The summed E-state index contributed by atoms with van der Waals surface area (Å²) in [7, 11) is 1.70. The summed E-state index contributed by atoms with van der Waals surface area (Å²) in [6.07, 6.45) is 7.28. The van der Waals surface area contributed by atoms with Crippen LogP contribution in [-0.4, -0.2) is 49.0 Å². The molecule has 4 heteroatoms. The largest absolute Gasteiger partial charge is 0.497 e. The maximum Gasteiger partial charge on any atom is 0.230 e. The summed E-state index contributed by atoms with van der Waals surface area (Å²) in [5.41, 5.74) is 1.20. The normalized spacial score (nSPS) is 27.7. The van der Waals surface area contributed by atoms with E-state index in [1.54, 1.807) is 7.11 Å². The zero-order chi connectivity index (χ0) is 17.3. The first-order valence-corrected chi connectivity index (χ1v) is 9.83. The van der Waals surface area contributed by atoms with E-state index in [-0.39, 0.29) is 5.41 Å². The van der Waals surface area contributed by atoms with E-state index in [4.69, 9.17) is 4.74 Å². The lowest BCUT2D eigenvalue weighted by Crippen LogP contribution is -2.51. The van der Waals surface area contributed by atoms with Gasteiger partial charge in [0.2, 0.25) is 5.91 Å². The van der Waals surface area contributed by atoms with E-state index >= 15 is 0 Å². The van der Waals surface area contributed by atoms with Crippen molar-refractivity contribution >= 4 is 5.91 Å². The molecule has 136 valence electrons. The van der Waals surface area contributed by atoms with Gasteiger partial charge in [-0.1, -0.05) is 18.6 Å². The Morgan fingerprint density at radius 1 is 1.12 bits per heavy atom. The van der Waals surface area contributed by atoms with Crippen LogP contribution >= 0.6 is 0 Å². The highest BCUT2D eigenvalue weighted by Gasteiger charge is 2.48. The summed E-state index contributed by atoms with van der Waals surface area (Å²) >= 11 is 0. The van der Waals surface area contributed by atoms with Gasteiger partial charge in [0.05, 0.1) is 12.5 Å². The quantitative estimate of drug-likeness (QED) is 0.823. The number of hydrogen-bond donors (Lipinski definition) is 0. The van der Waals surface area contributed by atoms with Crippen molar-refractivity contribution < 1.29 is 9.53 Å². The molecule has 1 saturated carbocycles. The number of benzene rings is 1. The van der Waals surface area contributed by atoms with Crippen molar-refractivity contribution in [2.45, 2.75) is 45.1 Å². The van der Waals surface area contributed by atoms with Gasteiger partial charge in [0.1, 0.15) is 5.75 Å². The van der Waals surface area contributed by atoms with E-state index in [9.17, 15) is 4.79 Å². The third-order valence-electron chi connectivity index (χ3n) is 6.53. The first kappa shape index (κ1) is 16.9. The summed E-state index contributed by atoms with van der Waals surface area (Å²) in [5.74, 6) is 2.12. The Kier molecular flexibility index (Phi) is 4.72. The molecule has 3 aliphatic rings. The van der Waals surface area contributed by atoms with Crippen LogP contribution in [0.5, 0.6) is 5.75 Å². The summed E-state index contributed by atoms with van der Waals surface area (Å²) in [4.78, 5) is 17.9. The van der Waals surface area contributed by atoms with E-state index in [0.717, 1.165) is 57.2 Å². The standard InChI is InChI=1S/C21H30N2O2/c1-25-19-8-6-18(7-9-19)14-22-13-11-21(16-22)10-3-12-23(20(21)24)15-17-4-2-5-17/h6-9,17H,2-5,10-16H2,1H3/t21-/m1/s1. The number of rotatable bonds is 5. The number of piperidine rings is 1. The summed E-state index contributed by atoms with van der Waals surface area (Å²) < 4.78 is 5.24. The second-order valence-corrected chi connectivity index (χ2v) is 8.24. The van der Waals surface area contributed by atoms with E-state index in [2.05, 4.69) is 21.9 Å². The number of ether oxygens (including phenoxy) is 1. The fraction of sp³-hybridized carbons (Fsp3) is 0.667. The first-order valence-electron chi connectivity index (χ1n) is 9.83. The van der Waals surface area contributed by atoms with Crippen molar-refractivity contribution in [2.75, 3.05) is 33.3 Å². The molecule has 25 heavy (non-hydrogen) atoms. The Labute approximate surface area is 151 Å². The average Bonchev–Trinajstić information content (AvgIpc) is 2.99. The molecule has 0 bridgehead atoms. The van der Waals surface area contributed by atoms with Gasteiger partial charge in [-0.15, -0.1) is 0 Å². The molecule has 2 aliphatic heterocycles. The van der Waals surface area contributed by atoms with Gasteiger partial charge >= 0.3 is 0 Å². The summed E-state index contributed by atoms with van der Waals surface area (Å²) in [6, 6.07) is 8.31. The van der Waals surface area contributed by atoms with Crippen LogP contribution in [0.4, 0.5) is 0 Å². The molecule has 2 saturated heterocycles.